The molecule has 1 aliphatic heterocycles. The van der Waals surface area contributed by atoms with Crippen LogP contribution in [0.15, 0.2) is 24.4 Å². The predicted octanol–water partition coefficient (Wildman–Crippen LogP) is 3.01. The summed E-state index contributed by atoms with van der Waals surface area (Å²) in [6, 6.07) is 1.64. The molecule has 4 rings (SSSR count). The van der Waals surface area contributed by atoms with Crippen molar-refractivity contribution in [1.29, 1.82) is 0 Å². The van der Waals surface area contributed by atoms with Crippen LogP contribution >= 0.6 is 0 Å². The molecular formula is C20H18F6N6O. The molecule has 176 valence electrons. The van der Waals surface area contributed by atoms with Gasteiger partial charge in [-0.05, 0) is 24.1 Å². The minimum atomic E-state index is -4.68. The first-order valence-electron chi connectivity index (χ1n) is 9.87. The zero-order valence-corrected chi connectivity index (χ0v) is 17.0. The summed E-state index contributed by atoms with van der Waals surface area (Å²) in [5, 5.41) is 6.31. The highest BCUT2D eigenvalue weighted by Gasteiger charge is 2.41. The van der Waals surface area contributed by atoms with Gasteiger partial charge in [0, 0.05) is 37.8 Å². The number of halogens is 6. The Morgan fingerprint density at radius 2 is 1.88 bits per heavy atom. The number of hydrogen-bond donors (Lipinski definition) is 2. The number of aromatic nitrogens is 4. The number of nitrogens with zero attached hydrogens (tertiary/aromatic N) is 4. The highest BCUT2D eigenvalue weighted by molar-refractivity contribution is 5.77. The topological polar surface area (TPSA) is 92.8 Å². The van der Waals surface area contributed by atoms with Crippen LogP contribution in [0.5, 0.6) is 0 Å². The van der Waals surface area contributed by atoms with Crippen molar-refractivity contribution in [2.24, 2.45) is 5.73 Å². The number of benzene rings is 1. The van der Waals surface area contributed by atoms with Crippen molar-refractivity contribution in [3.8, 4) is 11.4 Å². The van der Waals surface area contributed by atoms with Crippen LogP contribution in [0.1, 0.15) is 23.5 Å². The molecule has 0 saturated heterocycles. The fraction of sp³-hybridized carbons (Fsp3) is 0.350. The third kappa shape index (κ3) is 4.58. The van der Waals surface area contributed by atoms with Gasteiger partial charge in [0.1, 0.15) is 11.5 Å². The number of H-pyrrole nitrogens is 1. The summed E-state index contributed by atoms with van der Waals surface area (Å²) in [4.78, 5) is 17.8. The molecule has 1 aromatic carbocycles. The molecule has 13 heteroatoms. The molecule has 0 spiro atoms. The normalized spacial score (nSPS) is 14.9. The first-order chi connectivity index (χ1) is 15.5. The highest BCUT2D eigenvalue weighted by atomic mass is 19.4. The van der Waals surface area contributed by atoms with Crippen LogP contribution in [0, 0.1) is 17.5 Å². The van der Waals surface area contributed by atoms with E-state index in [1.54, 1.807) is 0 Å². The molecule has 1 unspecified atom stereocenters. The van der Waals surface area contributed by atoms with Gasteiger partial charge < -0.3 is 15.2 Å². The van der Waals surface area contributed by atoms with Crippen LogP contribution in [0.4, 0.5) is 26.3 Å². The monoisotopic (exact) mass is 472 g/mol. The second-order valence-corrected chi connectivity index (χ2v) is 7.69. The molecule has 0 saturated carbocycles. The quantitative estimate of drug-likeness (QED) is 0.441. The number of alkyl halides is 3. The molecule has 0 aliphatic carbocycles. The molecule has 1 aliphatic rings. The zero-order valence-electron chi connectivity index (χ0n) is 17.0. The fourth-order valence-electron chi connectivity index (χ4n) is 3.83. The maximum absolute atomic E-state index is 13.9. The van der Waals surface area contributed by atoms with E-state index in [1.165, 1.54) is 17.2 Å². The van der Waals surface area contributed by atoms with Crippen molar-refractivity contribution in [2.45, 2.75) is 38.1 Å². The first kappa shape index (κ1) is 22.8. The Morgan fingerprint density at radius 1 is 1.15 bits per heavy atom. The van der Waals surface area contributed by atoms with Crippen LogP contribution in [-0.2, 0) is 30.5 Å². The Balaban J connectivity index is 1.51. The van der Waals surface area contributed by atoms with E-state index in [0.717, 1.165) is 4.57 Å². The largest absolute Gasteiger partial charge is 0.449 e. The number of aromatic amines is 1. The number of nitrogens with two attached hydrogens (primary N) is 1. The summed E-state index contributed by atoms with van der Waals surface area (Å²) >= 11 is 0. The second-order valence-electron chi connectivity index (χ2n) is 7.69. The van der Waals surface area contributed by atoms with Crippen LogP contribution in [0.3, 0.4) is 0 Å². The molecule has 0 fully saturated rings. The number of rotatable bonds is 5. The maximum Gasteiger partial charge on any atom is 0.449 e. The smallest absolute Gasteiger partial charge is 0.335 e. The molecule has 3 N–H and O–H groups in total. The molecular weight excluding hydrogens is 454 g/mol. The molecule has 1 atom stereocenters. The van der Waals surface area contributed by atoms with Gasteiger partial charge in [0.25, 0.3) is 0 Å². The van der Waals surface area contributed by atoms with Gasteiger partial charge in [-0.2, -0.15) is 18.3 Å². The van der Waals surface area contributed by atoms with Gasteiger partial charge >= 0.3 is 6.18 Å². The predicted molar refractivity (Wildman–Crippen MR) is 103 cm³/mol. The fourth-order valence-corrected chi connectivity index (χ4v) is 3.83. The van der Waals surface area contributed by atoms with E-state index in [2.05, 4.69) is 15.2 Å². The van der Waals surface area contributed by atoms with Gasteiger partial charge in [-0.25, -0.2) is 18.2 Å². The Kier molecular flexibility index (Phi) is 5.91. The van der Waals surface area contributed by atoms with Crippen LogP contribution in [0.25, 0.3) is 11.4 Å². The van der Waals surface area contributed by atoms with Crippen molar-refractivity contribution in [2.75, 3.05) is 6.54 Å². The van der Waals surface area contributed by atoms with E-state index in [9.17, 15) is 31.1 Å². The third-order valence-electron chi connectivity index (χ3n) is 5.38. The SMILES string of the molecule is NC(CC(=O)N1CCn2c(C(F)(F)F)nc(-c3ccn[nH]3)c2C1)Cc1cc(F)c(F)cc1F. The summed E-state index contributed by atoms with van der Waals surface area (Å²) in [5.74, 6) is -5.09. The number of amides is 1. The number of carbonyl (C=O) groups excluding carboxylic acids is 1. The van der Waals surface area contributed by atoms with Gasteiger partial charge in [0.15, 0.2) is 11.6 Å². The summed E-state index contributed by atoms with van der Waals surface area (Å²) < 4.78 is 81.8. The van der Waals surface area contributed by atoms with Crippen molar-refractivity contribution < 1.29 is 31.1 Å². The van der Waals surface area contributed by atoms with Crippen molar-refractivity contribution in [3.05, 3.63) is 58.9 Å². The minimum Gasteiger partial charge on any atom is -0.335 e. The Labute approximate surface area is 183 Å². The minimum absolute atomic E-state index is 0.0139. The van der Waals surface area contributed by atoms with E-state index in [1.807, 2.05) is 0 Å². The molecule has 3 aromatic rings. The lowest BCUT2D eigenvalue weighted by Crippen LogP contribution is -2.42. The number of hydrogen-bond acceptors (Lipinski definition) is 4. The highest BCUT2D eigenvalue weighted by Crippen LogP contribution is 2.35. The Hall–Kier alpha value is -3.35. The van der Waals surface area contributed by atoms with Crippen molar-refractivity contribution in [1.82, 2.24) is 24.6 Å². The van der Waals surface area contributed by atoms with Crippen molar-refractivity contribution >= 4 is 5.91 Å². The number of carbonyl (C=O) groups is 1. The third-order valence-corrected chi connectivity index (χ3v) is 5.38. The first-order valence-corrected chi connectivity index (χ1v) is 9.87. The molecule has 1 amide bonds. The van der Waals surface area contributed by atoms with E-state index < -0.39 is 41.4 Å². The summed E-state index contributed by atoms with van der Waals surface area (Å²) in [6.45, 7) is -0.299. The average molecular weight is 472 g/mol. The molecule has 33 heavy (non-hydrogen) atoms. The average Bonchev–Trinajstić information content (AvgIpc) is 3.38. The summed E-state index contributed by atoms with van der Waals surface area (Å²) in [6.07, 6.45) is -3.80. The zero-order chi connectivity index (χ0) is 23.9. The van der Waals surface area contributed by atoms with Gasteiger partial charge in [-0.1, -0.05) is 0 Å². The summed E-state index contributed by atoms with van der Waals surface area (Å²) in [7, 11) is 0. The Morgan fingerprint density at radius 3 is 2.55 bits per heavy atom. The van der Waals surface area contributed by atoms with Crippen molar-refractivity contribution in [3.63, 3.8) is 0 Å². The lowest BCUT2D eigenvalue weighted by atomic mass is 10.0. The maximum atomic E-state index is 13.9. The number of nitrogens with one attached hydrogen (secondary N) is 1. The molecule has 3 heterocycles. The van der Waals surface area contributed by atoms with E-state index >= 15 is 0 Å². The van der Waals surface area contributed by atoms with E-state index in [-0.39, 0.29) is 55.1 Å². The molecule has 0 bridgehead atoms. The number of imidazole rings is 1. The Bertz CT molecular complexity index is 1170. The number of fused-ring (bicyclic) bond motifs is 1. The van der Waals surface area contributed by atoms with E-state index in [0.29, 0.717) is 12.1 Å². The summed E-state index contributed by atoms with van der Waals surface area (Å²) in [5.41, 5.74) is 6.24. The molecule has 0 radical (unpaired) electrons. The standard InChI is InChI=1S/C20H18F6N6O/c21-12-8-14(23)13(22)6-10(12)5-11(27)7-17(33)31-3-4-32-16(9-31)18(15-1-2-28-30-15)29-19(32)20(24,25)26/h1-2,6,8,11H,3-5,7,9,27H2,(H,28,30). The lowest BCUT2D eigenvalue weighted by molar-refractivity contribution is -0.148. The van der Waals surface area contributed by atoms with Crippen LogP contribution < -0.4 is 5.73 Å². The second kappa shape index (κ2) is 8.54. The van der Waals surface area contributed by atoms with Gasteiger partial charge in [-0.3, -0.25) is 9.89 Å². The molecule has 7 nitrogen and oxygen atoms in total. The van der Waals surface area contributed by atoms with E-state index in [4.69, 9.17) is 5.73 Å². The van der Waals surface area contributed by atoms with Crippen LogP contribution in [-0.4, -0.2) is 43.1 Å². The van der Waals surface area contributed by atoms with Gasteiger partial charge in [0.05, 0.1) is 17.9 Å². The van der Waals surface area contributed by atoms with Gasteiger partial charge in [-0.15, -0.1) is 0 Å². The van der Waals surface area contributed by atoms with Crippen LogP contribution in [0.2, 0.25) is 0 Å². The molecule has 2 aromatic heterocycles. The van der Waals surface area contributed by atoms with Gasteiger partial charge in [0.2, 0.25) is 11.7 Å². The lowest BCUT2D eigenvalue weighted by Gasteiger charge is -2.30.